The first kappa shape index (κ1) is 17.4. The van der Waals surface area contributed by atoms with Gasteiger partial charge >= 0.3 is 0 Å². The van der Waals surface area contributed by atoms with Gasteiger partial charge in [0.05, 0.1) is 0 Å². The first-order valence-electron chi connectivity index (χ1n) is 8.17. The number of thiophene rings is 1. The summed E-state index contributed by atoms with van der Waals surface area (Å²) < 4.78 is 5.22. The van der Waals surface area contributed by atoms with Gasteiger partial charge in [-0.3, -0.25) is 4.79 Å². The van der Waals surface area contributed by atoms with E-state index < -0.39 is 0 Å². The SMILES string of the molecule is CC(C)(C)c1noc(CCC(=O)Nc2cccc(-c3ccsc3)c2)n1. The van der Waals surface area contributed by atoms with Gasteiger partial charge in [-0.05, 0) is 40.1 Å². The number of benzene rings is 1. The topological polar surface area (TPSA) is 68.0 Å². The van der Waals surface area contributed by atoms with Gasteiger partial charge in [0.1, 0.15) is 0 Å². The number of anilines is 1. The monoisotopic (exact) mass is 355 g/mol. The lowest BCUT2D eigenvalue weighted by atomic mass is 9.96. The second-order valence-corrected chi connectivity index (χ2v) is 7.68. The Labute approximate surface area is 151 Å². The minimum atomic E-state index is -0.161. The Bertz CT molecular complexity index is 848. The summed E-state index contributed by atoms with van der Waals surface area (Å²) in [7, 11) is 0. The fourth-order valence-electron chi connectivity index (χ4n) is 2.31. The van der Waals surface area contributed by atoms with E-state index in [-0.39, 0.29) is 11.3 Å². The van der Waals surface area contributed by atoms with Crippen LogP contribution in [0.3, 0.4) is 0 Å². The zero-order valence-electron chi connectivity index (χ0n) is 14.6. The molecule has 0 saturated carbocycles. The largest absolute Gasteiger partial charge is 0.339 e. The third-order valence-corrected chi connectivity index (χ3v) is 4.39. The number of nitrogens with zero attached hydrogens (tertiary/aromatic N) is 2. The van der Waals surface area contributed by atoms with Gasteiger partial charge in [0, 0.05) is 23.9 Å². The quantitative estimate of drug-likeness (QED) is 0.722. The molecule has 1 N–H and O–H groups in total. The molecule has 0 atom stereocenters. The van der Waals surface area contributed by atoms with Crippen LogP contribution in [0.15, 0.2) is 45.6 Å². The molecule has 2 aromatic heterocycles. The predicted octanol–water partition coefficient (Wildman–Crippen LogP) is 4.67. The van der Waals surface area contributed by atoms with Crippen LogP contribution in [0.1, 0.15) is 38.9 Å². The van der Waals surface area contributed by atoms with Crippen molar-refractivity contribution in [2.24, 2.45) is 0 Å². The number of carbonyl (C=O) groups excluding carboxylic acids is 1. The first-order valence-corrected chi connectivity index (χ1v) is 9.12. The Morgan fingerprint density at radius 2 is 2.08 bits per heavy atom. The molecule has 2 heterocycles. The van der Waals surface area contributed by atoms with Crippen molar-refractivity contribution in [2.45, 2.75) is 39.0 Å². The average Bonchev–Trinajstić information content (AvgIpc) is 3.24. The number of nitrogens with one attached hydrogen (secondary N) is 1. The summed E-state index contributed by atoms with van der Waals surface area (Å²) >= 11 is 1.65. The Balaban J connectivity index is 1.58. The summed E-state index contributed by atoms with van der Waals surface area (Å²) in [6, 6.07) is 9.90. The van der Waals surface area contributed by atoms with E-state index in [9.17, 15) is 4.79 Å². The molecule has 1 amide bonds. The molecule has 6 heteroatoms. The Hall–Kier alpha value is -2.47. The van der Waals surface area contributed by atoms with Gasteiger partial charge in [0.25, 0.3) is 0 Å². The average molecular weight is 355 g/mol. The van der Waals surface area contributed by atoms with Crippen LogP contribution < -0.4 is 5.32 Å². The standard InChI is InChI=1S/C19H21N3O2S/c1-19(2,3)18-21-17(24-22-18)8-7-16(23)20-15-6-4-5-13(11-15)14-9-10-25-12-14/h4-6,9-12H,7-8H2,1-3H3,(H,20,23). The number of amides is 1. The fourth-order valence-corrected chi connectivity index (χ4v) is 2.98. The van der Waals surface area contributed by atoms with Crippen molar-refractivity contribution in [1.82, 2.24) is 10.1 Å². The van der Waals surface area contributed by atoms with E-state index in [2.05, 4.69) is 26.9 Å². The van der Waals surface area contributed by atoms with Gasteiger partial charge in [0.2, 0.25) is 11.8 Å². The van der Waals surface area contributed by atoms with E-state index in [4.69, 9.17) is 4.52 Å². The number of hydrogen-bond donors (Lipinski definition) is 1. The maximum Gasteiger partial charge on any atom is 0.227 e. The second kappa shape index (κ2) is 7.19. The summed E-state index contributed by atoms with van der Waals surface area (Å²) in [5.41, 5.74) is 2.87. The highest BCUT2D eigenvalue weighted by Gasteiger charge is 2.21. The van der Waals surface area contributed by atoms with Gasteiger partial charge in [0.15, 0.2) is 5.82 Å². The molecule has 0 bridgehead atoms. The van der Waals surface area contributed by atoms with Crippen molar-refractivity contribution < 1.29 is 9.32 Å². The summed E-state index contributed by atoms with van der Waals surface area (Å²) in [6.07, 6.45) is 0.730. The normalized spacial score (nSPS) is 11.5. The molecule has 5 nitrogen and oxygen atoms in total. The van der Waals surface area contributed by atoms with Gasteiger partial charge in [-0.2, -0.15) is 16.3 Å². The van der Waals surface area contributed by atoms with Crippen molar-refractivity contribution in [2.75, 3.05) is 5.32 Å². The molecule has 0 aliphatic heterocycles. The molecule has 0 spiro atoms. The Morgan fingerprint density at radius 1 is 1.24 bits per heavy atom. The van der Waals surface area contributed by atoms with Gasteiger partial charge in [-0.15, -0.1) is 0 Å². The Kier molecular flexibility index (Phi) is 4.99. The molecule has 0 fully saturated rings. The number of rotatable bonds is 5. The van der Waals surface area contributed by atoms with Crippen LogP contribution in [0.4, 0.5) is 5.69 Å². The molecule has 1 aromatic carbocycles. The van der Waals surface area contributed by atoms with Gasteiger partial charge in [-0.25, -0.2) is 0 Å². The van der Waals surface area contributed by atoms with Crippen LogP contribution in [0.25, 0.3) is 11.1 Å². The molecule has 0 aliphatic rings. The number of carbonyl (C=O) groups is 1. The molecule has 130 valence electrons. The maximum absolute atomic E-state index is 12.2. The second-order valence-electron chi connectivity index (χ2n) is 6.90. The molecular formula is C19H21N3O2S. The predicted molar refractivity (Wildman–Crippen MR) is 99.7 cm³/mol. The van der Waals surface area contributed by atoms with E-state index >= 15 is 0 Å². The van der Waals surface area contributed by atoms with E-state index in [1.807, 2.05) is 50.4 Å². The molecule has 0 saturated heterocycles. The van der Waals surface area contributed by atoms with Crippen LogP contribution >= 0.6 is 11.3 Å². The third kappa shape index (κ3) is 4.54. The summed E-state index contributed by atoms with van der Waals surface area (Å²) in [6.45, 7) is 6.07. The summed E-state index contributed by atoms with van der Waals surface area (Å²) in [4.78, 5) is 16.5. The van der Waals surface area contributed by atoms with E-state index in [0.717, 1.165) is 16.8 Å². The zero-order valence-corrected chi connectivity index (χ0v) is 15.4. The molecule has 0 aliphatic carbocycles. The maximum atomic E-state index is 12.2. The third-order valence-electron chi connectivity index (χ3n) is 3.71. The van der Waals surface area contributed by atoms with E-state index in [1.165, 1.54) is 0 Å². The minimum absolute atomic E-state index is 0.0713. The highest BCUT2D eigenvalue weighted by atomic mass is 32.1. The number of aryl methyl sites for hydroxylation is 1. The number of hydrogen-bond acceptors (Lipinski definition) is 5. The fraction of sp³-hybridized carbons (Fsp3) is 0.316. The van der Waals surface area contributed by atoms with Crippen LogP contribution in [0, 0.1) is 0 Å². The summed E-state index contributed by atoms with van der Waals surface area (Å²) in [5.74, 6) is 1.08. The first-order chi connectivity index (χ1) is 11.9. The smallest absolute Gasteiger partial charge is 0.227 e. The van der Waals surface area contributed by atoms with Gasteiger partial charge in [-0.1, -0.05) is 38.1 Å². The molecule has 0 radical (unpaired) electrons. The Morgan fingerprint density at radius 3 is 2.76 bits per heavy atom. The number of aromatic nitrogens is 2. The zero-order chi connectivity index (χ0) is 17.9. The lowest BCUT2D eigenvalue weighted by molar-refractivity contribution is -0.116. The van der Waals surface area contributed by atoms with Crippen molar-refractivity contribution >= 4 is 22.9 Å². The lowest BCUT2D eigenvalue weighted by Crippen LogP contribution is -2.14. The van der Waals surface area contributed by atoms with Crippen molar-refractivity contribution in [3.63, 3.8) is 0 Å². The highest BCUT2D eigenvalue weighted by Crippen LogP contribution is 2.25. The van der Waals surface area contributed by atoms with Crippen molar-refractivity contribution in [3.05, 3.63) is 52.8 Å². The molecule has 0 unspecified atom stereocenters. The summed E-state index contributed by atoms with van der Waals surface area (Å²) in [5, 5.41) is 11.0. The molecule has 3 rings (SSSR count). The van der Waals surface area contributed by atoms with Crippen LogP contribution in [-0.4, -0.2) is 16.0 Å². The van der Waals surface area contributed by atoms with E-state index in [0.29, 0.717) is 24.6 Å². The van der Waals surface area contributed by atoms with Gasteiger partial charge < -0.3 is 9.84 Å². The highest BCUT2D eigenvalue weighted by molar-refractivity contribution is 7.08. The minimum Gasteiger partial charge on any atom is -0.339 e. The lowest BCUT2D eigenvalue weighted by Gasteiger charge is -2.10. The molecule has 3 aromatic rings. The van der Waals surface area contributed by atoms with Crippen LogP contribution in [0.2, 0.25) is 0 Å². The van der Waals surface area contributed by atoms with Crippen LogP contribution in [-0.2, 0) is 16.6 Å². The van der Waals surface area contributed by atoms with Crippen molar-refractivity contribution in [1.29, 1.82) is 0 Å². The molecule has 25 heavy (non-hydrogen) atoms. The van der Waals surface area contributed by atoms with E-state index in [1.54, 1.807) is 11.3 Å². The van der Waals surface area contributed by atoms with Crippen molar-refractivity contribution in [3.8, 4) is 11.1 Å². The van der Waals surface area contributed by atoms with Crippen LogP contribution in [0.5, 0.6) is 0 Å². The molecular weight excluding hydrogens is 334 g/mol.